The summed E-state index contributed by atoms with van der Waals surface area (Å²) in [6.07, 6.45) is 46.1. The van der Waals surface area contributed by atoms with Crippen molar-refractivity contribution in [3.8, 4) is 28.7 Å². The molecule has 0 spiro atoms. The second-order valence-corrected chi connectivity index (χ2v) is 34.9. The van der Waals surface area contributed by atoms with Gasteiger partial charge >= 0.3 is 5.97 Å². The van der Waals surface area contributed by atoms with Crippen LogP contribution in [0.15, 0.2) is 64.0 Å². The van der Waals surface area contributed by atoms with Gasteiger partial charge in [0, 0.05) is 75.4 Å². The molecule has 740 valence electrons. The molecule has 0 unspecified atom stereocenters. The van der Waals surface area contributed by atoms with Crippen molar-refractivity contribution >= 4 is 45.4 Å². The largest absolute Gasteiger partial charge is 0.420 e. The summed E-state index contributed by atoms with van der Waals surface area (Å²) < 4.78 is 164. The highest BCUT2D eigenvalue weighted by Gasteiger charge is 2.36. The van der Waals surface area contributed by atoms with Gasteiger partial charge in [0.05, 0.1) is 202 Å². The van der Waals surface area contributed by atoms with Crippen LogP contribution in [0.1, 0.15) is 250 Å². The smallest absolute Gasteiger partial charge is 0.313 e. The number of amidine groups is 1. The summed E-state index contributed by atoms with van der Waals surface area (Å²) >= 11 is 0. The van der Waals surface area contributed by atoms with Crippen LogP contribution in [-0.2, 0) is 90.7 Å². The molecule has 4 N–H and O–H groups in total. The van der Waals surface area contributed by atoms with Crippen LogP contribution in [0.3, 0.4) is 0 Å². The highest BCUT2D eigenvalue weighted by Crippen LogP contribution is 2.35. The summed E-state index contributed by atoms with van der Waals surface area (Å²) in [4.78, 5) is 44.5. The average Bonchev–Trinajstić information content (AvgIpc) is 0.832. The second kappa shape index (κ2) is 78.1. The molecule has 5 rings (SSSR count). The maximum Gasteiger partial charge on any atom is 0.313 e. The van der Waals surface area contributed by atoms with Crippen molar-refractivity contribution in [2.75, 3.05) is 224 Å². The van der Waals surface area contributed by atoms with Crippen LogP contribution in [0.2, 0.25) is 0 Å². The third-order valence-corrected chi connectivity index (χ3v) is 23.9. The van der Waals surface area contributed by atoms with Gasteiger partial charge in [0.15, 0.2) is 11.6 Å². The molecule has 2 aliphatic rings. The van der Waals surface area contributed by atoms with Crippen LogP contribution in [0.25, 0.3) is 17.2 Å². The number of aliphatic imine (C=N–C) groups is 1. The summed E-state index contributed by atoms with van der Waals surface area (Å²) in [7, 11) is -3.71. The molecule has 0 atom stereocenters. The fourth-order valence-electron chi connectivity index (χ4n) is 14.6. The number of rotatable bonds is 88. The number of nitrogens with zero attached hydrogens (tertiary/aromatic N) is 3. The number of hydrogen-bond acceptors (Lipinski definition) is 23. The zero-order valence-corrected chi connectivity index (χ0v) is 79.2. The number of esters is 1. The summed E-state index contributed by atoms with van der Waals surface area (Å²) in [5.74, 6) is -3.40. The van der Waals surface area contributed by atoms with Gasteiger partial charge in [-0.15, -0.1) is 0 Å². The van der Waals surface area contributed by atoms with E-state index in [-0.39, 0.29) is 99.8 Å². The standard InChI is InChI=1S/C99H159F4N5O21S/c1-2-46-107(99(112)88-76-87-42-41-86(78-92(87)106-93(104)79-88)85-39-38-40-89(77-85)130(113,114)108-81-84(82-108)83-109)47-35-34-45-105-94(110)43-50-117-53-55-119-57-59-121-61-63-123-65-67-125-69-71-127-73-75-128-74-72-126-70-68-124-66-64-122-62-60-120-58-56-118-54-52-116-49-37-33-31-29-27-25-23-21-19-17-15-13-11-9-7-5-3-4-6-8-10-12-14-16-18-20-22-24-26-28-30-32-36-48-115-51-44-95(111)129-98-96(102)90(100)80-91(101)97(98)103/h38-42,76-78,80,84,109H,2-33,36-37,43-75,79,81-83H2,1H3,(H2,104,106)(H,105,110). The van der Waals surface area contributed by atoms with Crippen LogP contribution in [0.4, 0.5) is 23.2 Å². The third kappa shape index (κ3) is 56.3. The fraction of sp³-hybridized carbons (Fsp3) is 0.737. The van der Waals surface area contributed by atoms with Gasteiger partial charge in [-0.05, 0) is 54.7 Å². The molecule has 2 amide bonds. The fourth-order valence-corrected chi connectivity index (χ4v) is 16.2. The van der Waals surface area contributed by atoms with Gasteiger partial charge in [-0.25, -0.2) is 22.2 Å². The van der Waals surface area contributed by atoms with Crippen molar-refractivity contribution < 1.29 is 117 Å². The summed E-state index contributed by atoms with van der Waals surface area (Å²) in [5, 5.41) is 12.1. The SMILES string of the molecule is CCCN(CC#CCNC(=O)CCOCCOCCOCCOCCOCCOCCOCCOCCOCCOCCOCCOCCOCCCCCCCCCCCCCCCCCCCCCCCCCCCCCCCCCCCOCCC(=O)Oc1c(F)c(F)cc(F)c1F)C(=O)C1=Cc2ccc(-c3cccc(S(=O)(=O)N4CC(CO)C4)c3)cc2N=C(N)C1. The normalized spacial score (nSPS) is 13.0. The maximum absolute atomic E-state index is 13.9. The predicted octanol–water partition coefficient (Wildman–Crippen LogP) is 17.1. The van der Waals surface area contributed by atoms with Crippen molar-refractivity contribution in [2.24, 2.45) is 16.6 Å². The molecule has 1 fully saturated rings. The second-order valence-electron chi connectivity index (χ2n) is 33.0. The number of aliphatic hydroxyl groups is 1. The molecule has 130 heavy (non-hydrogen) atoms. The molecule has 1 saturated heterocycles. The van der Waals surface area contributed by atoms with Crippen molar-refractivity contribution in [1.82, 2.24) is 14.5 Å². The minimum atomic E-state index is -3.71. The maximum atomic E-state index is 13.9. The number of carbonyl (C=O) groups excluding carboxylic acids is 3. The van der Waals surface area contributed by atoms with E-state index in [9.17, 15) is 45.5 Å². The number of nitrogens with two attached hydrogens (primary N) is 1. The number of benzene rings is 3. The minimum absolute atomic E-state index is 0.000802. The minimum Gasteiger partial charge on any atom is -0.420 e. The van der Waals surface area contributed by atoms with Crippen LogP contribution in [-0.4, -0.2) is 271 Å². The Kier molecular flexibility index (Phi) is 68.7. The number of hydrogen-bond donors (Lipinski definition) is 3. The van der Waals surface area contributed by atoms with E-state index in [4.69, 9.17) is 72.0 Å². The van der Waals surface area contributed by atoms with Gasteiger partial charge in [0.25, 0.3) is 5.91 Å². The summed E-state index contributed by atoms with van der Waals surface area (Å²) in [6, 6.07) is 12.3. The number of ether oxygens (including phenoxy) is 15. The third-order valence-electron chi connectivity index (χ3n) is 22.1. The molecular weight excluding hydrogens is 1700 g/mol. The molecule has 31 heteroatoms. The highest BCUT2D eigenvalue weighted by atomic mass is 32.2. The van der Waals surface area contributed by atoms with Gasteiger partial charge in [-0.2, -0.15) is 13.1 Å². The highest BCUT2D eigenvalue weighted by molar-refractivity contribution is 7.89. The molecule has 2 heterocycles. The molecule has 0 radical (unpaired) electrons. The average molecular weight is 1860 g/mol. The molecule has 0 aromatic heterocycles. The Balaban J connectivity index is 0.627. The Morgan fingerprint density at radius 1 is 0.454 bits per heavy atom. The summed E-state index contributed by atoms with van der Waals surface area (Å²) in [5.41, 5.74) is 9.50. The van der Waals surface area contributed by atoms with E-state index >= 15 is 0 Å². The lowest BCUT2D eigenvalue weighted by molar-refractivity contribution is -0.136. The first-order valence-electron chi connectivity index (χ1n) is 48.7. The Labute approximate surface area is 774 Å². The van der Waals surface area contributed by atoms with Crippen LogP contribution < -0.4 is 15.8 Å². The van der Waals surface area contributed by atoms with Gasteiger partial charge in [0.1, 0.15) is 5.84 Å². The first kappa shape index (κ1) is 114. The van der Waals surface area contributed by atoms with Gasteiger partial charge in [-0.3, -0.25) is 14.4 Å². The molecule has 3 aromatic rings. The van der Waals surface area contributed by atoms with Gasteiger partial charge < -0.3 is 92.1 Å². The number of unbranched alkanes of at least 4 members (excludes halogenated alkanes) is 32. The number of sulfonamides is 1. The Hall–Kier alpha value is -6.13. The first-order valence-corrected chi connectivity index (χ1v) is 50.2. The zero-order chi connectivity index (χ0) is 92.9. The van der Waals surface area contributed by atoms with Crippen LogP contribution >= 0.6 is 0 Å². The van der Waals surface area contributed by atoms with Crippen molar-refractivity contribution in [1.29, 1.82) is 0 Å². The van der Waals surface area contributed by atoms with Gasteiger partial charge in [0.2, 0.25) is 33.3 Å². The predicted molar refractivity (Wildman–Crippen MR) is 498 cm³/mol. The van der Waals surface area contributed by atoms with Crippen molar-refractivity contribution in [2.45, 2.75) is 249 Å². The van der Waals surface area contributed by atoms with Crippen molar-refractivity contribution in [3.05, 3.63) is 82.9 Å². The molecule has 0 bridgehead atoms. The van der Waals surface area contributed by atoms with Crippen LogP contribution in [0, 0.1) is 41.0 Å². The summed E-state index contributed by atoms with van der Waals surface area (Å²) in [6.45, 7) is 16.0. The number of amides is 2. The number of carbonyl (C=O) groups is 3. The van der Waals surface area contributed by atoms with E-state index in [1.165, 1.54) is 191 Å². The van der Waals surface area contributed by atoms with E-state index in [0.717, 1.165) is 37.9 Å². The Bertz CT molecular complexity index is 3630. The Morgan fingerprint density at radius 3 is 1.18 bits per heavy atom. The Morgan fingerprint density at radius 2 is 0.800 bits per heavy atom. The molecule has 26 nitrogen and oxygen atoms in total. The number of aliphatic hydroxyl groups excluding tert-OH is 1. The van der Waals surface area contributed by atoms with Gasteiger partial charge in [-0.1, -0.05) is 242 Å². The first-order chi connectivity index (χ1) is 63.7. The van der Waals surface area contributed by atoms with E-state index in [0.29, 0.717) is 201 Å². The topological polar surface area (TPSA) is 301 Å². The molecule has 0 aliphatic carbocycles. The van der Waals surface area contributed by atoms with E-state index in [1.807, 2.05) is 31.2 Å². The van der Waals surface area contributed by atoms with E-state index in [2.05, 4.69) is 26.9 Å². The lowest BCUT2D eigenvalue weighted by Gasteiger charge is -2.36. The quantitative estimate of drug-likeness (QED) is 0.0118. The monoisotopic (exact) mass is 1860 g/mol. The van der Waals surface area contributed by atoms with Crippen molar-refractivity contribution in [3.63, 3.8) is 0 Å². The lowest BCUT2D eigenvalue weighted by atomic mass is 10.0. The lowest BCUT2D eigenvalue weighted by Crippen LogP contribution is -2.51. The molecule has 3 aromatic carbocycles. The van der Waals surface area contributed by atoms with E-state index < -0.39 is 45.0 Å². The number of halogens is 4. The number of nitrogens with one attached hydrogen (secondary N) is 1. The molecular formula is C99H159F4N5O21S. The van der Waals surface area contributed by atoms with E-state index in [1.54, 1.807) is 29.2 Å². The van der Waals surface area contributed by atoms with Crippen LogP contribution in [0.5, 0.6) is 5.75 Å². The number of fused-ring (bicyclic) bond motifs is 1. The molecule has 0 saturated carbocycles. The molecule has 2 aliphatic heterocycles. The zero-order valence-electron chi connectivity index (χ0n) is 78.4.